The molecule has 2 aromatic carbocycles. The number of rotatable bonds is 7. The zero-order chi connectivity index (χ0) is 22.5. The second-order valence-electron chi connectivity index (χ2n) is 6.66. The molecule has 0 radical (unpaired) electrons. The lowest BCUT2D eigenvalue weighted by Gasteiger charge is -2.27. The second kappa shape index (κ2) is 9.97. The maximum Gasteiger partial charge on any atom is 0.250 e. The van der Waals surface area contributed by atoms with Gasteiger partial charge in [0.25, 0.3) is 0 Å². The van der Waals surface area contributed by atoms with E-state index in [4.69, 9.17) is 23.2 Å². The summed E-state index contributed by atoms with van der Waals surface area (Å²) in [5, 5.41) is 2.15. The first-order valence-corrected chi connectivity index (χ1v) is 12.9. The van der Waals surface area contributed by atoms with Gasteiger partial charge in [0.15, 0.2) is 0 Å². The quantitative estimate of drug-likeness (QED) is 0.521. The molecule has 0 N–H and O–H groups in total. The van der Waals surface area contributed by atoms with E-state index in [1.54, 1.807) is 60.7 Å². The largest absolute Gasteiger partial charge is 0.250 e. The summed E-state index contributed by atoms with van der Waals surface area (Å²) in [5.41, 5.74) is 1.22. The molecule has 0 fully saturated rings. The molecule has 5 nitrogen and oxygen atoms in total. The molecule has 162 valence electrons. The van der Waals surface area contributed by atoms with Gasteiger partial charge in [0, 0.05) is 27.3 Å². The predicted octanol–water partition coefficient (Wildman–Crippen LogP) is 5.31. The lowest BCUT2D eigenvalue weighted by molar-refractivity contribution is 0.471. The van der Waals surface area contributed by atoms with Crippen molar-refractivity contribution < 1.29 is 16.8 Å². The third-order valence-electron chi connectivity index (χ3n) is 4.29. The van der Waals surface area contributed by atoms with E-state index in [9.17, 15) is 16.8 Å². The molecule has 1 unspecified atom stereocenters. The highest BCUT2D eigenvalue weighted by molar-refractivity contribution is 8.06. The van der Waals surface area contributed by atoms with Gasteiger partial charge in [0.05, 0.1) is 6.04 Å². The van der Waals surface area contributed by atoms with Gasteiger partial charge in [-0.1, -0.05) is 87.6 Å². The van der Waals surface area contributed by atoms with E-state index >= 15 is 0 Å². The third-order valence-corrected chi connectivity index (χ3v) is 8.54. The summed E-state index contributed by atoms with van der Waals surface area (Å²) in [7, 11) is -8.81. The van der Waals surface area contributed by atoms with E-state index in [0.29, 0.717) is 14.8 Å². The molecule has 31 heavy (non-hydrogen) atoms. The number of benzene rings is 2. The summed E-state index contributed by atoms with van der Waals surface area (Å²) in [4.78, 5) is 0. The molecule has 1 atom stereocenters. The second-order valence-corrected chi connectivity index (χ2v) is 11.2. The van der Waals surface area contributed by atoms with Crippen molar-refractivity contribution in [2.75, 3.05) is 0 Å². The molecule has 0 spiro atoms. The molecule has 0 amide bonds. The summed E-state index contributed by atoms with van der Waals surface area (Å²) in [6.45, 7) is 0. The summed E-state index contributed by atoms with van der Waals surface area (Å²) >= 11 is 12.1. The molecule has 0 saturated heterocycles. The number of hydrogen-bond donors (Lipinski definition) is 0. The van der Waals surface area contributed by atoms with Crippen molar-refractivity contribution in [2.24, 2.45) is 0 Å². The highest BCUT2D eigenvalue weighted by Gasteiger charge is 2.38. The van der Waals surface area contributed by atoms with E-state index in [2.05, 4.69) is 0 Å². The molecule has 0 heterocycles. The smallest absolute Gasteiger partial charge is 0.206 e. The van der Waals surface area contributed by atoms with Crippen molar-refractivity contribution in [1.82, 2.24) is 3.71 Å². The standard InChI is InChI=1S/C22H19Cl2NO4S2/c23-20-15-21(24)17-22(16-20)25(30(26,27)13-11-18-7-3-1-4-8-18)31(28,29)14-12-19-9-5-2-6-10-19/h1-16,22H,17H2/b13-11+,14-12+. The van der Waals surface area contributed by atoms with Crippen LogP contribution in [0.1, 0.15) is 17.5 Å². The molecule has 9 heteroatoms. The van der Waals surface area contributed by atoms with Crippen LogP contribution in [0.4, 0.5) is 0 Å². The Balaban J connectivity index is 2.03. The van der Waals surface area contributed by atoms with Crippen LogP contribution >= 0.6 is 23.2 Å². The third kappa shape index (κ3) is 6.41. The van der Waals surface area contributed by atoms with Gasteiger partial charge in [-0.15, -0.1) is 0 Å². The molecular weight excluding hydrogens is 477 g/mol. The minimum Gasteiger partial charge on any atom is -0.206 e. The van der Waals surface area contributed by atoms with Crippen LogP contribution in [-0.2, 0) is 20.0 Å². The number of halogens is 2. The maximum atomic E-state index is 13.2. The van der Waals surface area contributed by atoms with Crippen molar-refractivity contribution in [3.63, 3.8) is 0 Å². The Kier molecular flexibility index (Phi) is 7.56. The van der Waals surface area contributed by atoms with Crippen LogP contribution in [0.15, 0.2) is 93.7 Å². The minimum absolute atomic E-state index is 0.0193. The van der Waals surface area contributed by atoms with Gasteiger partial charge in [0.1, 0.15) is 0 Å². The van der Waals surface area contributed by atoms with Gasteiger partial charge in [-0.05, 0) is 35.4 Å². The normalized spacial score (nSPS) is 17.8. The van der Waals surface area contributed by atoms with Crippen LogP contribution in [0.25, 0.3) is 12.2 Å². The Labute approximate surface area is 192 Å². The number of allylic oxidation sites excluding steroid dienone is 2. The molecule has 0 aliphatic heterocycles. The molecule has 3 rings (SSSR count). The fourth-order valence-electron chi connectivity index (χ4n) is 2.93. The Morgan fingerprint density at radius 2 is 1.23 bits per heavy atom. The highest BCUT2D eigenvalue weighted by Crippen LogP contribution is 2.31. The van der Waals surface area contributed by atoms with E-state index in [1.807, 2.05) is 0 Å². The van der Waals surface area contributed by atoms with E-state index in [0.717, 1.165) is 10.8 Å². The first-order chi connectivity index (χ1) is 14.7. The summed E-state index contributed by atoms with van der Waals surface area (Å²) in [6, 6.07) is 16.3. The van der Waals surface area contributed by atoms with Gasteiger partial charge in [-0.25, -0.2) is 16.8 Å². The molecule has 1 aliphatic rings. The SMILES string of the molecule is O=S(=O)(/C=C/c1ccccc1)N(C1C=C(Cl)C=C(Cl)C1)S(=O)(=O)/C=C/c1ccccc1. The van der Waals surface area contributed by atoms with Gasteiger partial charge in [0.2, 0.25) is 20.0 Å². The van der Waals surface area contributed by atoms with Crippen LogP contribution in [0.2, 0.25) is 0 Å². The Bertz CT molecular complexity index is 1170. The Morgan fingerprint density at radius 3 is 1.65 bits per heavy atom. The van der Waals surface area contributed by atoms with Crippen LogP contribution in [-0.4, -0.2) is 26.6 Å². The van der Waals surface area contributed by atoms with Crippen LogP contribution in [0, 0.1) is 0 Å². The first-order valence-electron chi connectivity index (χ1n) is 9.17. The van der Waals surface area contributed by atoms with Crippen LogP contribution in [0.5, 0.6) is 0 Å². The van der Waals surface area contributed by atoms with Gasteiger partial charge in [-0.2, -0.15) is 0 Å². The van der Waals surface area contributed by atoms with Crippen LogP contribution < -0.4 is 0 Å². The summed E-state index contributed by atoms with van der Waals surface area (Å²) < 4.78 is 53.1. The molecule has 0 bridgehead atoms. The van der Waals surface area contributed by atoms with E-state index < -0.39 is 26.1 Å². The number of hydrogen-bond acceptors (Lipinski definition) is 4. The topological polar surface area (TPSA) is 71.5 Å². The van der Waals surface area contributed by atoms with E-state index in [1.165, 1.54) is 24.3 Å². The zero-order valence-electron chi connectivity index (χ0n) is 16.2. The van der Waals surface area contributed by atoms with Crippen molar-refractivity contribution in [1.29, 1.82) is 0 Å². The fourth-order valence-corrected chi connectivity index (χ4v) is 6.92. The maximum absolute atomic E-state index is 13.2. The van der Waals surface area contributed by atoms with Gasteiger partial charge >= 0.3 is 0 Å². The lowest BCUT2D eigenvalue weighted by Crippen LogP contribution is -2.42. The summed E-state index contributed by atoms with van der Waals surface area (Å²) in [5.74, 6) is 0. The van der Waals surface area contributed by atoms with Crippen molar-refractivity contribution >= 4 is 55.4 Å². The van der Waals surface area contributed by atoms with Crippen LogP contribution in [0.3, 0.4) is 0 Å². The van der Waals surface area contributed by atoms with Crippen molar-refractivity contribution in [3.8, 4) is 0 Å². The van der Waals surface area contributed by atoms with Crippen molar-refractivity contribution in [3.05, 3.63) is 105 Å². The Hall–Kier alpha value is -2.16. The highest BCUT2D eigenvalue weighted by atomic mass is 35.5. The van der Waals surface area contributed by atoms with E-state index in [-0.39, 0.29) is 16.5 Å². The molecule has 2 aromatic rings. The molecular formula is C22H19Cl2NO4S2. The molecule has 0 aromatic heterocycles. The predicted molar refractivity (Wildman–Crippen MR) is 127 cm³/mol. The monoisotopic (exact) mass is 495 g/mol. The summed E-state index contributed by atoms with van der Waals surface area (Å²) in [6.07, 6.45) is 5.47. The minimum atomic E-state index is -4.40. The van der Waals surface area contributed by atoms with Gasteiger partial charge < -0.3 is 0 Å². The molecule has 1 aliphatic carbocycles. The number of nitrogens with zero attached hydrogens (tertiary/aromatic N) is 1. The average molecular weight is 496 g/mol. The Morgan fingerprint density at radius 1 is 0.774 bits per heavy atom. The molecule has 0 saturated carbocycles. The number of sulfonamides is 2. The first kappa shape index (κ1) is 23.5. The average Bonchev–Trinajstić information content (AvgIpc) is 2.71. The zero-order valence-corrected chi connectivity index (χ0v) is 19.3. The fraction of sp³-hybridized carbons (Fsp3) is 0.0909. The lowest BCUT2D eigenvalue weighted by atomic mass is 10.1. The van der Waals surface area contributed by atoms with Gasteiger partial charge in [-0.3, -0.25) is 0 Å². The van der Waals surface area contributed by atoms with Crippen molar-refractivity contribution in [2.45, 2.75) is 12.5 Å².